The van der Waals surface area contributed by atoms with Crippen molar-refractivity contribution in [3.05, 3.63) is 41.8 Å². The lowest BCUT2D eigenvalue weighted by molar-refractivity contribution is -0.131. The van der Waals surface area contributed by atoms with Crippen molar-refractivity contribution in [3.8, 4) is 0 Å². The highest BCUT2D eigenvalue weighted by molar-refractivity contribution is 7.99. The van der Waals surface area contributed by atoms with E-state index in [0.29, 0.717) is 22.9 Å². The molecule has 0 N–H and O–H groups in total. The van der Waals surface area contributed by atoms with Gasteiger partial charge in [-0.3, -0.25) is 4.79 Å². The van der Waals surface area contributed by atoms with Crippen molar-refractivity contribution in [3.63, 3.8) is 0 Å². The molecule has 1 aliphatic heterocycles. The lowest BCUT2D eigenvalue weighted by Gasteiger charge is -2.36. The van der Waals surface area contributed by atoms with Crippen LogP contribution in [-0.4, -0.2) is 39.3 Å². The Bertz CT molecular complexity index is 644. The Labute approximate surface area is 140 Å². The number of aromatic nitrogens is 2. The number of hydrogen-bond acceptors (Lipinski definition) is 5. The number of rotatable bonds is 5. The monoisotopic (exact) mass is 331 g/mol. The first-order valence-corrected chi connectivity index (χ1v) is 8.97. The molecule has 0 spiro atoms. The maximum Gasteiger partial charge on any atom is 0.277 e. The highest BCUT2D eigenvalue weighted by Crippen LogP contribution is 2.23. The van der Waals surface area contributed by atoms with Gasteiger partial charge in [0.15, 0.2) is 0 Å². The van der Waals surface area contributed by atoms with E-state index in [2.05, 4.69) is 34.5 Å². The summed E-state index contributed by atoms with van der Waals surface area (Å²) in [6, 6.07) is 10.7. The normalized spacial score (nSPS) is 18.1. The zero-order chi connectivity index (χ0) is 16.1. The molecule has 0 saturated carbocycles. The standard InChI is InChI=1S/C17H21N3O2S/c1-13-18-19-17(22-13)23-12-16(21)20-10-6-5-9-15(20)11-14-7-3-2-4-8-14/h2-4,7-8,15H,5-6,9-12H2,1H3. The average Bonchev–Trinajstić information content (AvgIpc) is 3.00. The minimum absolute atomic E-state index is 0.159. The van der Waals surface area contributed by atoms with Gasteiger partial charge in [0, 0.05) is 19.5 Å². The van der Waals surface area contributed by atoms with Crippen LogP contribution in [0, 0.1) is 6.92 Å². The van der Waals surface area contributed by atoms with Gasteiger partial charge in [-0.25, -0.2) is 0 Å². The Hall–Kier alpha value is -1.82. The van der Waals surface area contributed by atoms with E-state index >= 15 is 0 Å². The SMILES string of the molecule is Cc1nnc(SCC(=O)N2CCCCC2Cc2ccccc2)o1. The number of carbonyl (C=O) groups is 1. The van der Waals surface area contributed by atoms with Crippen molar-refractivity contribution < 1.29 is 9.21 Å². The van der Waals surface area contributed by atoms with Crippen LogP contribution in [0.5, 0.6) is 0 Å². The summed E-state index contributed by atoms with van der Waals surface area (Å²) in [5.41, 5.74) is 1.29. The van der Waals surface area contributed by atoms with Crippen LogP contribution < -0.4 is 0 Å². The van der Waals surface area contributed by atoms with Gasteiger partial charge in [0.25, 0.3) is 5.22 Å². The maximum atomic E-state index is 12.6. The Morgan fingerprint density at radius 2 is 2.13 bits per heavy atom. The summed E-state index contributed by atoms with van der Waals surface area (Å²) in [5.74, 6) is 1.04. The number of nitrogens with zero attached hydrogens (tertiary/aromatic N) is 3. The third kappa shape index (κ3) is 4.34. The molecule has 5 nitrogen and oxygen atoms in total. The van der Waals surface area contributed by atoms with Crippen LogP contribution in [0.2, 0.25) is 0 Å². The Kier molecular flexibility index (Phi) is 5.33. The molecule has 1 amide bonds. The molecule has 0 bridgehead atoms. The fraction of sp³-hybridized carbons (Fsp3) is 0.471. The summed E-state index contributed by atoms with van der Waals surface area (Å²) >= 11 is 1.32. The highest BCUT2D eigenvalue weighted by atomic mass is 32.2. The van der Waals surface area contributed by atoms with E-state index in [1.807, 2.05) is 11.0 Å². The second kappa shape index (κ2) is 7.64. The third-order valence-corrected chi connectivity index (χ3v) is 4.89. The zero-order valence-corrected chi connectivity index (χ0v) is 14.1. The highest BCUT2D eigenvalue weighted by Gasteiger charge is 2.27. The molecular formula is C17H21N3O2S. The summed E-state index contributed by atoms with van der Waals surface area (Å²) in [5, 5.41) is 8.18. The van der Waals surface area contributed by atoms with Crippen molar-refractivity contribution in [1.82, 2.24) is 15.1 Å². The molecule has 3 rings (SSSR count). The number of likely N-dealkylation sites (tertiary alicyclic amines) is 1. The van der Waals surface area contributed by atoms with Gasteiger partial charge in [0.1, 0.15) is 0 Å². The molecule has 1 atom stereocenters. The van der Waals surface area contributed by atoms with E-state index in [9.17, 15) is 4.79 Å². The van der Waals surface area contributed by atoms with E-state index in [-0.39, 0.29) is 5.91 Å². The number of piperidine rings is 1. The molecule has 2 heterocycles. The lowest BCUT2D eigenvalue weighted by Crippen LogP contribution is -2.45. The van der Waals surface area contributed by atoms with E-state index < -0.39 is 0 Å². The number of thioether (sulfide) groups is 1. The fourth-order valence-electron chi connectivity index (χ4n) is 2.97. The van der Waals surface area contributed by atoms with Crippen molar-refractivity contribution in [1.29, 1.82) is 0 Å². The summed E-state index contributed by atoms with van der Waals surface area (Å²) in [6.45, 7) is 2.60. The van der Waals surface area contributed by atoms with E-state index in [4.69, 9.17) is 4.42 Å². The third-order valence-electron chi connectivity index (χ3n) is 4.09. The molecule has 2 aromatic rings. The van der Waals surface area contributed by atoms with Crippen LogP contribution in [0.25, 0.3) is 0 Å². The van der Waals surface area contributed by atoms with Crippen LogP contribution in [0.4, 0.5) is 0 Å². The van der Waals surface area contributed by atoms with E-state index in [1.54, 1.807) is 6.92 Å². The molecule has 1 unspecified atom stereocenters. The molecule has 6 heteroatoms. The molecule has 122 valence electrons. The maximum absolute atomic E-state index is 12.6. The summed E-state index contributed by atoms with van der Waals surface area (Å²) in [6.07, 6.45) is 4.28. The molecule has 1 saturated heterocycles. The van der Waals surface area contributed by atoms with Gasteiger partial charge in [-0.1, -0.05) is 42.1 Å². The van der Waals surface area contributed by atoms with Crippen LogP contribution in [0.3, 0.4) is 0 Å². The van der Waals surface area contributed by atoms with Crippen molar-refractivity contribution >= 4 is 17.7 Å². The van der Waals surface area contributed by atoms with Gasteiger partial charge in [-0.05, 0) is 31.2 Å². The molecule has 23 heavy (non-hydrogen) atoms. The van der Waals surface area contributed by atoms with Crippen molar-refractivity contribution in [2.24, 2.45) is 0 Å². The van der Waals surface area contributed by atoms with E-state index in [1.165, 1.54) is 23.7 Å². The quantitative estimate of drug-likeness (QED) is 0.788. The number of aryl methyl sites for hydroxylation is 1. The second-order valence-corrected chi connectivity index (χ2v) is 6.73. The number of amides is 1. The fourth-order valence-corrected chi connectivity index (χ4v) is 3.66. The first-order valence-electron chi connectivity index (χ1n) is 7.98. The van der Waals surface area contributed by atoms with Crippen molar-refractivity contribution in [2.45, 2.75) is 43.9 Å². The summed E-state index contributed by atoms with van der Waals surface area (Å²) < 4.78 is 5.31. The second-order valence-electron chi connectivity index (χ2n) is 5.80. The average molecular weight is 331 g/mol. The first kappa shape index (κ1) is 16.1. The Morgan fingerprint density at radius 1 is 1.30 bits per heavy atom. The minimum Gasteiger partial charge on any atom is -0.416 e. The van der Waals surface area contributed by atoms with Gasteiger partial charge in [-0.2, -0.15) is 0 Å². The van der Waals surface area contributed by atoms with Gasteiger partial charge in [0.05, 0.1) is 5.75 Å². The predicted octanol–water partition coefficient (Wildman–Crippen LogP) is 3.09. The van der Waals surface area contributed by atoms with Gasteiger partial charge < -0.3 is 9.32 Å². The van der Waals surface area contributed by atoms with Gasteiger partial charge in [0.2, 0.25) is 11.8 Å². The Balaban J connectivity index is 1.59. The summed E-state index contributed by atoms with van der Waals surface area (Å²) in [4.78, 5) is 14.6. The topological polar surface area (TPSA) is 59.2 Å². The molecular weight excluding hydrogens is 310 g/mol. The van der Waals surface area contributed by atoms with Gasteiger partial charge >= 0.3 is 0 Å². The predicted molar refractivity (Wildman–Crippen MR) is 89.3 cm³/mol. The molecule has 1 aliphatic rings. The number of benzene rings is 1. The number of carbonyl (C=O) groups excluding carboxylic acids is 1. The van der Waals surface area contributed by atoms with Crippen LogP contribution in [0.15, 0.2) is 40.0 Å². The van der Waals surface area contributed by atoms with Crippen molar-refractivity contribution in [2.75, 3.05) is 12.3 Å². The zero-order valence-electron chi connectivity index (χ0n) is 13.3. The summed E-state index contributed by atoms with van der Waals surface area (Å²) in [7, 11) is 0. The largest absolute Gasteiger partial charge is 0.416 e. The molecule has 1 aromatic carbocycles. The smallest absolute Gasteiger partial charge is 0.277 e. The number of hydrogen-bond donors (Lipinski definition) is 0. The van der Waals surface area contributed by atoms with E-state index in [0.717, 1.165) is 25.8 Å². The molecule has 0 aliphatic carbocycles. The van der Waals surface area contributed by atoms with Crippen LogP contribution in [0.1, 0.15) is 30.7 Å². The molecule has 1 aromatic heterocycles. The first-order chi connectivity index (χ1) is 11.2. The Morgan fingerprint density at radius 3 is 2.87 bits per heavy atom. The van der Waals surface area contributed by atoms with Crippen LogP contribution in [-0.2, 0) is 11.2 Å². The van der Waals surface area contributed by atoms with Gasteiger partial charge in [-0.15, -0.1) is 10.2 Å². The minimum atomic E-state index is 0.159. The van der Waals surface area contributed by atoms with Crippen LogP contribution >= 0.6 is 11.8 Å². The molecule has 0 radical (unpaired) electrons. The lowest BCUT2D eigenvalue weighted by atomic mass is 9.95. The molecule has 1 fully saturated rings.